The summed E-state index contributed by atoms with van der Waals surface area (Å²) in [6.07, 6.45) is 0.562. The third-order valence-corrected chi connectivity index (χ3v) is 2.35. The number of hydrogen-bond acceptors (Lipinski definition) is 1. The van der Waals surface area contributed by atoms with Gasteiger partial charge in [-0.2, -0.15) is 0 Å². The zero-order valence-corrected chi connectivity index (χ0v) is 9.24. The topological polar surface area (TPSA) is 17.1 Å². The molecular formula is C9H9AtO. The Balaban J connectivity index is 2.74. The number of Topliss-reactive ketones (excluding diaryl/α,β-unsaturated/α-hetero) is 1. The van der Waals surface area contributed by atoms with E-state index in [1.165, 1.54) is 3.27 Å². The van der Waals surface area contributed by atoms with Crippen LogP contribution in [-0.2, 0) is 11.2 Å². The summed E-state index contributed by atoms with van der Waals surface area (Å²) < 4.78 is 1.29. The van der Waals surface area contributed by atoms with Gasteiger partial charge in [-0.3, -0.25) is 0 Å². The first kappa shape index (κ1) is 8.87. The zero-order chi connectivity index (χ0) is 8.27. The molecule has 0 heterocycles. The summed E-state index contributed by atoms with van der Waals surface area (Å²) >= 11 is 1.66. The predicted octanol–water partition coefficient (Wildman–Crippen LogP) is 0.993. The maximum atomic E-state index is 10.7. The monoisotopic (exact) mass is 343 g/mol. The molecule has 1 aromatic carbocycles. The Morgan fingerprint density at radius 3 is 2.36 bits per heavy atom. The Hall–Kier alpha value is -0.227. The molecule has 1 aromatic rings. The van der Waals surface area contributed by atoms with Gasteiger partial charge in [0.1, 0.15) is 0 Å². The molecule has 0 spiro atoms. The third-order valence-electron chi connectivity index (χ3n) is 1.37. The normalized spacial score (nSPS) is 9.64. The molecule has 0 fully saturated rings. The van der Waals surface area contributed by atoms with Gasteiger partial charge in [-0.15, -0.1) is 0 Å². The van der Waals surface area contributed by atoms with Crippen molar-refractivity contribution in [3.63, 3.8) is 0 Å². The molecular weight excluding hydrogens is 334 g/mol. The number of ketones is 1. The molecule has 1 nitrogen and oxygen atoms in total. The molecule has 0 atom stereocenters. The molecule has 58 valence electrons. The van der Waals surface area contributed by atoms with Gasteiger partial charge in [-0.05, 0) is 0 Å². The number of rotatable bonds is 2. The Morgan fingerprint density at radius 1 is 1.36 bits per heavy atom. The number of carbonyl (C=O) groups is 1. The molecule has 0 N–H and O–H groups in total. The van der Waals surface area contributed by atoms with Crippen LogP contribution in [0.2, 0.25) is 0 Å². The van der Waals surface area contributed by atoms with Crippen LogP contribution in [0.1, 0.15) is 12.5 Å². The van der Waals surface area contributed by atoms with Gasteiger partial charge in [0.05, 0.1) is 0 Å². The number of carbonyl (C=O) groups excluding carboxylic acids is 1. The van der Waals surface area contributed by atoms with Crippen molar-refractivity contribution in [2.75, 3.05) is 0 Å². The quantitative estimate of drug-likeness (QED) is 0.783. The van der Waals surface area contributed by atoms with Crippen molar-refractivity contribution < 1.29 is 29.5 Å². The first-order valence-corrected chi connectivity index (χ1v) is 4.89. The fourth-order valence-electron chi connectivity index (χ4n) is 0.890. The van der Waals surface area contributed by atoms with E-state index < -0.39 is 0 Å². The molecule has 2 heteroatoms. The standard InChI is InChI=1S/C9H9AtO/c1-7(11)6-8-2-4-9(10)5-3-8/h2-5H,6H2,1H3. The molecule has 11 heavy (non-hydrogen) atoms. The zero-order valence-electron chi connectivity index (χ0n) is 6.30. The number of hydrogen-bond donors (Lipinski definition) is 0. The second-order valence-electron chi connectivity index (χ2n) is 2.51. The third kappa shape index (κ3) is 3.11. The van der Waals surface area contributed by atoms with Crippen molar-refractivity contribution in [2.24, 2.45) is 0 Å². The average Bonchev–Trinajstić information content (AvgIpc) is 1.93. The van der Waals surface area contributed by atoms with Gasteiger partial charge in [0.25, 0.3) is 0 Å². The second kappa shape index (κ2) is 3.97. The van der Waals surface area contributed by atoms with Crippen LogP contribution in [0.5, 0.6) is 0 Å². The van der Waals surface area contributed by atoms with E-state index in [1.54, 1.807) is 31.6 Å². The molecule has 1 rings (SSSR count). The summed E-state index contributed by atoms with van der Waals surface area (Å²) in [5, 5.41) is 0. The molecule has 0 aliphatic rings. The summed E-state index contributed by atoms with van der Waals surface area (Å²) in [5.74, 6) is 0.221. The molecule has 0 radical (unpaired) electrons. The van der Waals surface area contributed by atoms with E-state index in [2.05, 4.69) is 12.1 Å². The Morgan fingerprint density at radius 2 is 1.91 bits per heavy atom. The molecule has 0 saturated heterocycles. The van der Waals surface area contributed by atoms with Crippen LogP contribution in [0, 0.1) is 24.7 Å². The number of benzene rings is 1. The van der Waals surface area contributed by atoms with Crippen LogP contribution >= 0.6 is 0 Å². The van der Waals surface area contributed by atoms with Crippen molar-refractivity contribution in [1.82, 2.24) is 0 Å². The van der Waals surface area contributed by atoms with Crippen molar-refractivity contribution in [2.45, 2.75) is 13.3 Å². The van der Waals surface area contributed by atoms with E-state index >= 15 is 0 Å². The van der Waals surface area contributed by atoms with Crippen molar-refractivity contribution >= 4 is 9.05 Å². The van der Waals surface area contributed by atoms with Crippen LogP contribution < -0.4 is 3.27 Å². The van der Waals surface area contributed by atoms with Gasteiger partial charge in [-0.25, -0.2) is 0 Å². The summed E-state index contributed by atoms with van der Waals surface area (Å²) in [5.41, 5.74) is 1.11. The van der Waals surface area contributed by atoms with Crippen molar-refractivity contribution in [1.29, 1.82) is 0 Å². The van der Waals surface area contributed by atoms with Gasteiger partial charge >= 0.3 is 81.7 Å². The van der Waals surface area contributed by atoms with Crippen LogP contribution in [0.3, 0.4) is 0 Å². The van der Waals surface area contributed by atoms with E-state index in [4.69, 9.17) is 0 Å². The van der Waals surface area contributed by atoms with E-state index in [1.807, 2.05) is 12.1 Å². The van der Waals surface area contributed by atoms with Gasteiger partial charge in [0.2, 0.25) is 0 Å². The predicted molar refractivity (Wildman–Crippen MR) is 40.5 cm³/mol. The molecule has 0 saturated carbocycles. The minimum atomic E-state index is 0.221. The average molecular weight is 343 g/mol. The van der Waals surface area contributed by atoms with Gasteiger partial charge in [0, 0.05) is 0 Å². The summed E-state index contributed by atoms with van der Waals surface area (Å²) in [6.45, 7) is 1.61. The van der Waals surface area contributed by atoms with Crippen LogP contribution in [0.15, 0.2) is 24.3 Å². The van der Waals surface area contributed by atoms with E-state index in [9.17, 15) is 4.79 Å². The molecule has 0 aromatic heterocycles. The molecule has 0 amide bonds. The Bertz CT molecular complexity index is 251. The fourth-order valence-corrected chi connectivity index (χ4v) is 1.38. The Kier molecular flexibility index (Phi) is 3.20. The summed E-state index contributed by atoms with van der Waals surface area (Å²) in [4.78, 5) is 10.7. The summed E-state index contributed by atoms with van der Waals surface area (Å²) in [7, 11) is 0. The van der Waals surface area contributed by atoms with E-state index in [-0.39, 0.29) is 5.78 Å². The first-order chi connectivity index (χ1) is 5.18. The minimum absolute atomic E-state index is 0.221. The van der Waals surface area contributed by atoms with Crippen LogP contribution in [0.25, 0.3) is 0 Å². The second-order valence-corrected chi connectivity index (χ2v) is 4.20. The van der Waals surface area contributed by atoms with Gasteiger partial charge in [-0.1, -0.05) is 0 Å². The van der Waals surface area contributed by atoms with Gasteiger partial charge < -0.3 is 0 Å². The van der Waals surface area contributed by atoms with E-state index in [0.29, 0.717) is 6.42 Å². The summed E-state index contributed by atoms with van der Waals surface area (Å²) in [6, 6.07) is 8.12. The first-order valence-electron chi connectivity index (χ1n) is 3.42. The van der Waals surface area contributed by atoms with Crippen LogP contribution in [-0.4, -0.2) is 5.78 Å². The van der Waals surface area contributed by atoms with Gasteiger partial charge in [0.15, 0.2) is 0 Å². The maximum absolute atomic E-state index is 10.7. The molecule has 0 unspecified atom stereocenters. The fraction of sp³-hybridized carbons (Fsp3) is 0.222. The SMILES string of the molecule is CC(=O)Cc1ccc([At])cc1. The van der Waals surface area contributed by atoms with Crippen molar-refractivity contribution in [3.8, 4) is 0 Å². The van der Waals surface area contributed by atoms with Crippen molar-refractivity contribution in [3.05, 3.63) is 29.8 Å². The Labute approximate surface area is 81.7 Å². The molecule has 0 bridgehead atoms. The molecule has 0 aliphatic carbocycles. The van der Waals surface area contributed by atoms with E-state index in [0.717, 1.165) is 5.56 Å². The molecule has 0 aliphatic heterocycles. The van der Waals surface area contributed by atoms with Crippen LogP contribution in [0.4, 0.5) is 0 Å².